The van der Waals surface area contributed by atoms with E-state index in [0.717, 1.165) is 28.1 Å². The summed E-state index contributed by atoms with van der Waals surface area (Å²) in [6.45, 7) is 4.03. The van der Waals surface area contributed by atoms with Crippen molar-refractivity contribution in [3.05, 3.63) is 105 Å². The zero-order valence-corrected chi connectivity index (χ0v) is 17.8. The van der Waals surface area contributed by atoms with Crippen LogP contribution in [0.25, 0.3) is 33.8 Å². The van der Waals surface area contributed by atoms with E-state index >= 15 is 0 Å². The van der Waals surface area contributed by atoms with Gasteiger partial charge >= 0.3 is 0 Å². The molecule has 0 radical (unpaired) electrons. The molecule has 0 bridgehead atoms. The predicted molar refractivity (Wildman–Crippen MR) is 124 cm³/mol. The molecule has 0 spiro atoms. The van der Waals surface area contributed by atoms with Crippen molar-refractivity contribution < 1.29 is 0 Å². The van der Waals surface area contributed by atoms with E-state index in [1.165, 1.54) is 0 Å². The van der Waals surface area contributed by atoms with Gasteiger partial charge in [0.15, 0.2) is 5.65 Å². The van der Waals surface area contributed by atoms with Crippen molar-refractivity contribution in [2.75, 3.05) is 0 Å². The lowest BCUT2D eigenvalue weighted by Crippen LogP contribution is -2.22. The van der Waals surface area contributed by atoms with Crippen molar-refractivity contribution in [3.63, 3.8) is 0 Å². The lowest BCUT2D eigenvalue weighted by molar-refractivity contribution is 0.888. The summed E-state index contributed by atoms with van der Waals surface area (Å²) in [6, 6.07) is 23.1. The molecule has 5 aromatic rings. The Balaban J connectivity index is 1.87. The molecule has 2 aromatic heterocycles. The molecule has 5 rings (SSSR count). The second-order valence-corrected chi connectivity index (χ2v) is 7.99. The third kappa shape index (κ3) is 3.43. The van der Waals surface area contributed by atoms with E-state index in [1.807, 2.05) is 68.4 Å². The average molecular weight is 427 g/mol. The van der Waals surface area contributed by atoms with Crippen LogP contribution in [0.5, 0.6) is 0 Å². The van der Waals surface area contributed by atoms with Gasteiger partial charge in [-0.15, -0.1) is 0 Å². The van der Waals surface area contributed by atoms with Crippen LogP contribution in [-0.4, -0.2) is 19.3 Å². The summed E-state index contributed by atoms with van der Waals surface area (Å²) in [5, 5.41) is 5.55. The smallest absolute Gasteiger partial charge is 0.268 e. The number of fused-ring (bicyclic) bond motifs is 1. The normalized spacial score (nSPS) is 11.2. The van der Waals surface area contributed by atoms with Crippen molar-refractivity contribution in [2.24, 2.45) is 0 Å². The number of aryl methyl sites for hydroxylation is 2. The zero-order chi connectivity index (χ0) is 21.5. The minimum Gasteiger partial charge on any atom is -0.268 e. The zero-order valence-electron chi connectivity index (χ0n) is 17.1. The summed E-state index contributed by atoms with van der Waals surface area (Å²) in [4.78, 5) is 18.6. The van der Waals surface area contributed by atoms with Crippen LogP contribution in [0.4, 0.5) is 0 Å². The Morgan fingerprint density at radius 3 is 2.19 bits per heavy atom. The summed E-state index contributed by atoms with van der Waals surface area (Å²) < 4.78 is 3.35. The molecule has 0 N–H and O–H groups in total. The molecular formula is C25H19ClN4O. The van der Waals surface area contributed by atoms with E-state index in [-0.39, 0.29) is 5.56 Å². The van der Waals surface area contributed by atoms with Crippen molar-refractivity contribution in [1.82, 2.24) is 19.3 Å². The van der Waals surface area contributed by atoms with Gasteiger partial charge in [-0.05, 0) is 73.5 Å². The van der Waals surface area contributed by atoms with Crippen LogP contribution in [-0.2, 0) is 0 Å². The monoisotopic (exact) mass is 426 g/mol. The fourth-order valence-corrected chi connectivity index (χ4v) is 3.96. The lowest BCUT2D eigenvalue weighted by atomic mass is 10.1. The Morgan fingerprint density at radius 2 is 1.52 bits per heavy atom. The molecule has 0 aliphatic rings. The van der Waals surface area contributed by atoms with Gasteiger partial charge in [0.05, 0.1) is 17.6 Å². The number of para-hydroxylation sites is 1. The molecule has 2 heterocycles. The first-order chi connectivity index (χ1) is 15.0. The molecule has 3 aromatic carbocycles. The highest BCUT2D eigenvalue weighted by molar-refractivity contribution is 6.30. The molecule has 0 aliphatic carbocycles. The molecule has 31 heavy (non-hydrogen) atoms. The Hall–Kier alpha value is -3.70. The van der Waals surface area contributed by atoms with E-state index in [0.29, 0.717) is 21.9 Å². The molecule has 0 unspecified atom stereocenters. The van der Waals surface area contributed by atoms with Crippen LogP contribution in [0.15, 0.2) is 83.8 Å². The van der Waals surface area contributed by atoms with Gasteiger partial charge < -0.3 is 0 Å². The van der Waals surface area contributed by atoms with Gasteiger partial charge in [0.1, 0.15) is 11.2 Å². The number of halogens is 1. The van der Waals surface area contributed by atoms with Crippen LogP contribution in [0.3, 0.4) is 0 Å². The Kier molecular flexibility index (Phi) is 4.68. The largest absolute Gasteiger partial charge is 0.269 e. The maximum atomic E-state index is 13.7. The maximum Gasteiger partial charge on any atom is 0.269 e. The van der Waals surface area contributed by atoms with Gasteiger partial charge in [0, 0.05) is 10.6 Å². The van der Waals surface area contributed by atoms with Crippen LogP contribution in [0, 0.1) is 13.8 Å². The topological polar surface area (TPSA) is 52.7 Å². The van der Waals surface area contributed by atoms with Crippen LogP contribution in [0.1, 0.15) is 11.1 Å². The summed E-state index contributed by atoms with van der Waals surface area (Å²) in [7, 11) is 0. The molecule has 5 nitrogen and oxygen atoms in total. The Bertz CT molecular complexity index is 1450. The van der Waals surface area contributed by atoms with Gasteiger partial charge in [-0.25, -0.2) is 9.67 Å². The molecule has 0 amide bonds. The van der Waals surface area contributed by atoms with Crippen molar-refractivity contribution >= 4 is 22.6 Å². The first-order valence-corrected chi connectivity index (χ1v) is 10.3. The van der Waals surface area contributed by atoms with Crippen LogP contribution in [0.2, 0.25) is 5.02 Å². The molecule has 0 saturated heterocycles. The quantitative estimate of drug-likeness (QED) is 0.382. The van der Waals surface area contributed by atoms with E-state index < -0.39 is 0 Å². The lowest BCUT2D eigenvalue weighted by Gasteiger charge is -2.15. The van der Waals surface area contributed by atoms with Gasteiger partial charge in [0.2, 0.25) is 0 Å². The van der Waals surface area contributed by atoms with Gasteiger partial charge in [-0.3, -0.25) is 9.36 Å². The molecule has 0 aliphatic heterocycles. The summed E-state index contributed by atoms with van der Waals surface area (Å²) >= 11 is 6.11. The first-order valence-electron chi connectivity index (χ1n) is 9.92. The number of aromatic nitrogens is 4. The van der Waals surface area contributed by atoms with E-state index in [1.54, 1.807) is 27.6 Å². The van der Waals surface area contributed by atoms with Crippen LogP contribution >= 0.6 is 11.6 Å². The fraction of sp³-hybridized carbons (Fsp3) is 0.0800. The second kappa shape index (κ2) is 7.52. The minimum atomic E-state index is -0.165. The Labute approximate surface area is 184 Å². The third-order valence-corrected chi connectivity index (χ3v) is 5.42. The fourth-order valence-electron chi connectivity index (χ4n) is 3.84. The molecule has 0 fully saturated rings. The van der Waals surface area contributed by atoms with Crippen LogP contribution < -0.4 is 5.56 Å². The summed E-state index contributed by atoms with van der Waals surface area (Å²) in [6.07, 6.45) is 1.59. The minimum absolute atomic E-state index is 0.165. The number of rotatable bonds is 3. The van der Waals surface area contributed by atoms with E-state index in [9.17, 15) is 4.79 Å². The third-order valence-electron chi connectivity index (χ3n) is 5.17. The van der Waals surface area contributed by atoms with Gasteiger partial charge in [-0.2, -0.15) is 5.10 Å². The number of hydrogen-bond donors (Lipinski definition) is 0. The molecular weight excluding hydrogens is 408 g/mol. The van der Waals surface area contributed by atoms with Crippen molar-refractivity contribution in [1.29, 1.82) is 0 Å². The van der Waals surface area contributed by atoms with Crippen molar-refractivity contribution in [2.45, 2.75) is 13.8 Å². The number of benzene rings is 3. The molecule has 6 heteroatoms. The van der Waals surface area contributed by atoms with Crippen molar-refractivity contribution in [3.8, 4) is 22.8 Å². The molecule has 0 saturated carbocycles. The highest BCUT2D eigenvalue weighted by Crippen LogP contribution is 2.25. The van der Waals surface area contributed by atoms with E-state index in [4.69, 9.17) is 16.6 Å². The first kappa shape index (κ1) is 19.3. The summed E-state index contributed by atoms with van der Waals surface area (Å²) in [5.74, 6) is 0.539. The summed E-state index contributed by atoms with van der Waals surface area (Å²) in [5.41, 5.74) is 4.91. The SMILES string of the molecule is Cc1cc(C)cc(-n2c(-c3ccc(Cl)cc3)nc3c(cnn3-c3ccccc3)c2=O)c1. The molecule has 152 valence electrons. The van der Waals surface area contributed by atoms with E-state index in [2.05, 4.69) is 11.2 Å². The second-order valence-electron chi connectivity index (χ2n) is 7.56. The standard InChI is InChI=1S/C25H19ClN4O/c1-16-12-17(2)14-21(13-16)29-23(18-8-10-19(26)11-9-18)28-24-22(25(29)31)15-27-30(24)20-6-4-3-5-7-20/h3-15H,1-2H3. The van der Waals surface area contributed by atoms with Gasteiger partial charge in [-0.1, -0.05) is 35.9 Å². The Morgan fingerprint density at radius 1 is 0.839 bits per heavy atom. The highest BCUT2D eigenvalue weighted by atomic mass is 35.5. The number of hydrogen-bond acceptors (Lipinski definition) is 3. The average Bonchev–Trinajstić information content (AvgIpc) is 3.18. The molecule has 0 atom stereocenters. The highest BCUT2D eigenvalue weighted by Gasteiger charge is 2.19. The predicted octanol–water partition coefficient (Wildman–Crippen LogP) is 5.51. The van der Waals surface area contributed by atoms with Gasteiger partial charge in [0.25, 0.3) is 5.56 Å². The maximum absolute atomic E-state index is 13.7. The number of nitrogens with zero attached hydrogens (tertiary/aromatic N) is 4.